The third-order valence-electron chi connectivity index (χ3n) is 4.44. The van der Waals surface area contributed by atoms with Gasteiger partial charge in [-0.05, 0) is 31.0 Å². The second-order valence-corrected chi connectivity index (χ2v) is 8.29. The first-order valence-electron chi connectivity index (χ1n) is 7.96. The van der Waals surface area contributed by atoms with Gasteiger partial charge in [0.15, 0.2) is 9.84 Å². The summed E-state index contributed by atoms with van der Waals surface area (Å²) in [5.41, 5.74) is 1.99. The van der Waals surface area contributed by atoms with Crippen LogP contribution in [0, 0.1) is 6.92 Å². The smallest absolute Gasteiger partial charge is 0.255 e. The molecule has 2 heterocycles. The van der Waals surface area contributed by atoms with E-state index in [-0.39, 0.29) is 18.2 Å². The van der Waals surface area contributed by atoms with E-state index in [0.717, 1.165) is 5.56 Å². The molecule has 24 heavy (non-hydrogen) atoms. The van der Waals surface area contributed by atoms with Crippen LogP contribution in [0.3, 0.4) is 0 Å². The lowest BCUT2D eigenvalue weighted by Gasteiger charge is -2.20. The minimum Gasteiger partial charge on any atom is -0.338 e. The number of rotatable bonds is 2. The van der Waals surface area contributed by atoms with Crippen molar-refractivity contribution in [1.82, 2.24) is 9.88 Å². The Morgan fingerprint density at radius 3 is 2.58 bits per heavy atom. The summed E-state index contributed by atoms with van der Waals surface area (Å²) in [6, 6.07) is 12.7. The number of benzene rings is 1. The SMILES string of the molecule is Cc1ncccc1C(=O)N1CCC(c2ccccc2)S(=O)(=O)CC1. The highest BCUT2D eigenvalue weighted by Crippen LogP contribution is 2.29. The average molecular weight is 344 g/mol. The molecular weight excluding hydrogens is 324 g/mol. The summed E-state index contributed by atoms with van der Waals surface area (Å²) in [7, 11) is -3.28. The van der Waals surface area contributed by atoms with Crippen molar-refractivity contribution in [3.63, 3.8) is 0 Å². The number of amides is 1. The highest BCUT2D eigenvalue weighted by Gasteiger charge is 2.33. The summed E-state index contributed by atoms with van der Waals surface area (Å²) in [5, 5.41) is -0.550. The molecule has 0 saturated carbocycles. The molecule has 0 aliphatic carbocycles. The lowest BCUT2D eigenvalue weighted by Crippen LogP contribution is -2.34. The van der Waals surface area contributed by atoms with E-state index in [9.17, 15) is 13.2 Å². The zero-order chi connectivity index (χ0) is 17.2. The molecule has 0 radical (unpaired) electrons. The predicted molar refractivity (Wildman–Crippen MR) is 92.5 cm³/mol. The van der Waals surface area contributed by atoms with E-state index >= 15 is 0 Å². The fourth-order valence-electron chi connectivity index (χ4n) is 3.07. The van der Waals surface area contributed by atoms with Crippen LogP contribution < -0.4 is 0 Å². The molecule has 1 aliphatic heterocycles. The normalized spacial score (nSPS) is 20.4. The van der Waals surface area contributed by atoms with E-state index in [1.165, 1.54) is 0 Å². The fourth-order valence-corrected chi connectivity index (χ4v) is 4.87. The Morgan fingerprint density at radius 1 is 1.12 bits per heavy atom. The molecule has 2 aromatic rings. The molecule has 1 atom stereocenters. The Labute approximate surface area is 142 Å². The van der Waals surface area contributed by atoms with Crippen LogP contribution in [-0.4, -0.2) is 43.1 Å². The second-order valence-electron chi connectivity index (χ2n) is 5.98. The number of hydrogen-bond acceptors (Lipinski definition) is 4. The molecule has 1 aromatic heterocycles. The zero-order valence-electron chi connectivity index (χ0n) is 13.6. The van der Waals surface area contributed by atoms with E-state index in [0.29, 0.717) is 24.2 Å². The van der Waals surface area contributed by atoms with Gasteiger partial charge in [-0.2, -0.15) is 0 Å². The number of carbonyl (C=O) groups excluding carboxylic acids is 1. The molecule has 1 saturated heterocycles. The van der Waals surface area contributed by atoms with Crippen molar-refractivity contribution < 1.29 is 13.2 Å². The van der Waals surface area contributed by atoms with Gasteiger partial charge in [-0.3, -0.25) is 9.78 Å². The molecule has 1 aromatic carbocycles. The first-order valence-corrected chi connectivity index (χ1v) is 9.68. The second kappa shape index (κ2) is 6.73. The lowest BCUT2D eigenvalue weighted by molar-refractivity contribution is 0.0765. The number of aromatic nitrogens is 1. The molecular formula is C18H20N2O3S. The zero-order valence-corrected chi connectivity index (χ0v) is 14.4. The molecule has 1 amide bonds. The summed E-state index contributed by atoms with van der Waals surface area (Å²) >= 11 is 0. The number of sulfone groups is 1. The Hall–Kier alpha value is -2.21. The van der Waals surface area contributed by atoms with Gasteiger partial charge in [0.1, 0.15) is 0 Å². The van der Waals surface area contributed by atoms with E-state index in [1.807, 2.05) is 30.3 Å². The maximum absolute atomic E-state index is 12.7. The summed E-state index contributed by atoms with van der Waals surface area (Å²) in [6.07, 6.45) is 2.06. The van der Waals surface area contributed by atoms with E-state index in [4.69, 9.17) is 0 Å². The highest BCUT2D eigenvalue weighted by atomic mass is 32.2. The van der Waals surface area contributed by atoms with Gasteiger partial charge in [-0.1, -0.05) is 30.3 Å². The van der Waals surface area contributed by atoms with Crippen LogP contribution >= 0.6 is 0 Å². The summed E-state index contributed by atoms with van der Waals surface area (Å²) in [5.74, 6) is -0.165. The van der Waals surface area contributed by atoms with Gasteiger partial charge in [0.2, 0.25) is 0 Å². The van der Waals surface area contributed by atoms with Crippen LogP contribution in [0.15, 0.2) is 48.7 Å². The maximum Gasteiger partial charge on any atom is 0.255 e. The Kier molecular flexibility index (Phi) is 4.66. The Bertz CT molecular complexity index is 834. The molecule has 6 heteroatoms. The van der Waals surface area contributed by atoms with Crippen molar-refractivity contribution in [2.24, 2.45) is 0 Å². The van der Waals surface area contributed by atoms with Gasteiger partial charge in [-0.25, -0.2) is 8.42 Å². The molecule has 0 spiro atoms. The topological polar surface area (TPSA) is 67.3 Å². The molecule has 0 bridgehead atoms. The minimum atomic E-state index is -3.28. The quantitative estimate of drug-likeness (QED) is 0.839. The molecule has 1 aliphatic rings. The minimum absolute atomic E-state index is 0.0163. The maximum atomic E-state index is 12.7. The molecule has 1 fully saturated rings. The Balaban J connectivity index is 1.84. The van der Waals surface area contributed by atoms with Crippen molar-refractivity contribution in [2.75, 3.05) is 18.8 Å². The number of nitrogens with zero attached hydrogens (tertiary/aromatic N) is 2. The number of carbonyl (C=O) groups is 1. The number of pyridine rings is 1. The van der Waals surface area contributed by atoms with Gasteiger partial charge in [0, 0.05) is 25.0 Å². The molecule has 3 rings (SSSR count). The van der Waals surface area contributed by atoms with Gasteiger partial charge >= 0.3 is 0 Å². The fraction of sp³-hybridized carbons (Fsp3) is 0.333. The molecule has 1 unspecified atom stereocenters. The van der Waals surface area contributed by atoms with Crippen molar-refractivity contribution in [2.45, 2.75) is 18.6 Å². The van der Waals surface area contributed by atoms with Crippen LogP contribution in [0.5, 0.6) is 0 Å². The van der Waals surface area contributed by atoms with Crippen molar-refractivity contribution in [3.8, 4) is 0 Å². The lowest BCUT2D eigenvalue weighted by atomic mass is 10.1. The predicted octanol–water partition coefficient (Wildman–Crippen LogP) is 2.39. The number of hydrogen-bond donors (Lipinski definition) is 0. The first kappa shape index (κ1) is 16.6. The van der Waals surface area contributed by atoms with Crippen LogP contribution in [-0.2, 0) is 9.84 Å². The standard InChI is InChI=1S/C18H20N2O3S/c1-14-16(8-5-10-19-14)18(21)20-11-9-17(24(22,23)13-12-20)15-6-3-2-4-7-15/h2-8,10,17H,9,11-13H2,1H3. The number of aryl methyl sites for hydroxylation is 1. The van der Waals surface area contributed by atoms with E-state index in [2.05, 4.69) is 4.98 Å². The monoisotopic (exact) mass is 344 g/mol. The summed E-state index contributed by atoms with van der Waals surface area (Å²) in [6.45, 7) is 2.43. The van der Waals surface area contributed by atoms with Crippen LogP contribution in [0.25, 0.3) is 0 Å². The van der Waals surface area contributed by atoms with E-state index in [1.54, 1.807) is 30.2 Å². The van der Waals surface area contributed by atoms with Gasteiger partial charge in [-0.15, -0.1) is 0 Å². The van der Waals surface area contributed by atoms with Crippen molar-refractivity contribution in [3.05, 3.63) is 65.5 Å². The molecule has 5 nitrogen and oxygen atoms in total. The van der Waals surface area contributed by atoms with Crippen LogP contribution in [0.1, 0.15) is 33.3 Å². The third-order valence-corrected chi connectivity index (χ3v) is 6.56. The Morgan fingerprint density at radius 2 is 1.88 bits per heavy atom. The highest BCUT2D eigenvalue weighted by molar-refractivity contribution is 7.91. The van der Waals surface area contributed by atoms with E-state index < -0.39 is 15.1 Å². The largest absolute Gasteiger partial charge is 0.338 e. The van der Waals surface area contributed by atoms with Crippen LogP contribution in [0.2, 0.25) is 0 Å². The molecule has 126 valence electrons. The molecule has 0 N–H and O–H groups in total. The van der Waals surface area contributed by atoms with Gasteiger partial charge in [0.05, 0.1) is 16.6 Å². The first-order chi connectivity index (χ1) is 11.5. The average Bonchev–Trinajstić information content (AvgIpc) is 2.74. The summed E-state index contributed by atoms with van der Waals surface area (Å²) < 4.78 is 25.2. The van der Waals surface area contributed by atoms with Gasteiger partial charge < -0.3 is 4.90 Å². The summed E-state index contributed by atoms with van der Waals surface area (Å²) in [4.78, 5) is 18.5. The third kappa shape index (κ3) is 3.33. The van der Waals surface area contributed by atoms with Crippen molar-refractivity contribution in [1.29, 1.82) is 0 Å². The van der Waals surface area contributed by atoms with Gasteiger partial charge in [0.25, 0.3) is 5.91 Å². The van der Waals surface area contributed by atoms with Crippen LogP contribution in [0.4, 0.5) is 0 Å². The van der Waals surface area contributed by atoms with Crippen molar-refractivity contribution >= 4 is 15.7 Å².